The number of halogens is 1. The molecular weight excluding hydrogens is 466 g/mol. The van der Waals surface area contributed by atoms with E-state index in [1.54, 1.807) is 24.3 Å². The van der Waals surface area contributed by atoms with E-state index in [-0.39, 0.29) is 23.3 Å². The number of hydrogen-bond donors (Lipinski definition) is 2. The van der Waals surface area contributed by atoms with Crippen LogP contribution in [0, 0.1) is 6.92 Å². The number of carbonyl (C=O) groups is 2. The summed E-state index contributed by atoms with van der Waals surface area (Å²) in [6, 6.07) is 12.1. The zero-order valence-electron chi connectivity index (χ0n) is 17.6. The summed E-state index contributed by atoms with van der Waals surface area (Å²) in [6.07, 6.45) is 0. The Morgan fingerprint density at radius 3 is 2.58 bits per heavy atom. The minimum atomic E-state index is -1.23. The van der Waals surface area contributed by atoms with E-state index in [1.165, 1.54) is 23.1 Å². The van der Waals surface area contributed by atoms with Gasteiger partial charge in [-0.05, 0) is 25.1 Å². The zero-order valence-corrected chi connectivity index (χ0v) is 19.2. The number of amides is 1. The fourth-order valence-electron chi connectivity index (χ4n) is 3.34. The maximum atomic E-state index is 13.4. The number of aryl methyl sites for hydroxylation is 1. The van der Waals surface area contributed by atoms with Crippen LogP contribution in [0.5, 0.6) is 5.75 Å². The molecule has 168 valence electrons. The fourth-order valence-corrected chi connectivity index (χ4v) is 4.50. The minimum absolute atomic E-state index is 0.0244. The molecule has 4 aromatic rings. The van der Waals surface area contributed by atoms with Crippen molar-refractivity contribution < 1.29 is 19.4 Å². The smallest absolute Gasteiger partial charge is 0.337 e. The molecule has 10 heteroatoms. The van der Waals surface area contributed by atoms with Crippen LogP contribution < -0.4 is 15.6 Å². The Bertz CT molecular complexity index is 1440. The van der Waals surface area contributed by atoms with Gasteiger partial charge in [0, 0.05) is 16.6 Å². The molecule has 0 aliphatic rings. The molecule has 0 radical (unpaired) electrons. The number of aromatic carboxylic acids is 1. The van der Waals surface area contributed by atoms with E-state index in [0.29, 0.717) is 26.9 Å². The fraction of sp³-hybridized carbons (Fsp3) is 0.130. The van der Waals surface area contributed by atoms with E-state index in [4.69, 9.17) is 16.3 Å². The van der Waals surface area contributed by atoms with Gasteiger partial charge in [-0.25, -0.2) is 9.78 Å². The van der Waals surface area contributed by atoms with Crippen LogP contribution in [0.3, 0.4) is 0 Å². The summed E-state index contributed by atoms with van der Waals surface area (Å²) in [4.78, 5) is 42.6. The SMILES string of the molecule is COc1ccc(NC(=O)Cn2c(-c3ccc(C)cc3)nc3scc(C(=O)O)c3c2=O)cc1Cl. The number of benzene rings is 2. The number of nitrogens with one attached hydrogen (secondary N) is 1. The lowest BCUT2D eigenvalue weighted by Crippen LogP contribution is -2.30. The van der Waals surface area contributed by atoms with E-state index in [1.807, 2.05) is 19.1 Å². The summed E-state index contributed by atoms with van der Waals surface area (Å²) in [5.41, 5.74) is 1.33. The van der Waals surface area contributed by atoms with Crippen molar-refractivity contribution in [1.29, 1.82) is 0 Å². The van der Waals surface area contributed by atoms with Crippen molar-refractivity contribution in [1.82, 2.24) is 9.55 Å². The van der Waals surface area contributed by atoms with Crippen LogP contribution in [-0.4, -0.2) is 33.6 Å². The van der Waals surface area contributed by atoms with Crippen LogP contribution >= 0.6 is 22.9 Å². The second kappa shape index (κ2) is 9.05. The van der Waals surface area contributed by atoms with E-state index in [9.17, 15) is 19.5 Å². The Morgan fingerprint density at radius 2 is 1.94 bits per heavy atom. The minimum Gasteiger partial charge on any atom is -0.495 e. The van der Waals surface area contributed by atoms with Crippen LogP contribution in [0.2, 0.25) is 5.02 Å². The van der Waals surface area contributed by atoms with Crippen LogP contribution in [-0.2, 0) is 11.3 Å². The van der Waals surface area contributed by atoms with Gasteiger partial charge in [0.2, 0.25) is 5.91 Å². The third-order valence-corrected chi connectivity index (χ3v) is 6.14. The topological polar surface area (TPSA) is 111 Å². The molecule has 8 nitrogen and oxygen atoms in total. The first kappa shape index (κ1) is 22.5. The maximum absolute atomic E-state index is 13.4. The lowest BCUT2D eigenvalue weighted by atomic mass is 10.1. The molecule has 1 amide bonds. The largest absolute Gasteiger partial charge is 0.495 e. The summed E-state index contributed by atoms with van der Waals surface area (Å²) < 4.78 is 6.29. The van der Waals surface area contributed by atoms with E-state index >= 15 is 0 Å². The van der Waals surface area contributed by atoms with Gasteiger partial charge >= 0.3 is 5.97 Å². The molecule has 2 heterocycles. The number of nitrogens with zero attached hydrogens (tertiary/aromatic N) is 2. The Hall–Kier alpha value is -3.69. The number of carbonyl (C=O) groups excluding carboxylic acids is 1. The molecule has 0 saturated heterocycles. The lowest BCUT2D eigenvalue weighted by Gasteiger charge is -2.14. The Balaban J connectivity index is 1.78. The standard InChI is InChI=1S/C23H18ClN3O5S/c1-12-3-5-13(6-4-12)20-26-21-19(15(11-33-21)23(30)31)22(29)27(20)10-18(28)25-14-7-8-17(32-2)16(24)9-14/h3-9,11H,10H2,1-2H3,(H,25,28)(H,30,31). The van der Waals surface area contributed by atoms with Gasteiger partial charge < -0.3 is 15.2 Å². The molecular formula is C23H18ClN3O5S. The second-order valence-corrected chi connectivity index (χ2v) is 8.49. The van der Waals surface area contributed by atoms with E-state index in [0.717, 1.165) is 16.9 Å². The molecule has 0 unspecified atom stereocenters. The third kappa shape index (κ3) is 4.46. The molecule has 2 aromatic carbocycles. The predicted octanol–water partition coefficient (Wildman–Crippen LogP) is 4.43. The highest BCUT2D eigenvalue weighted by molar-refractivity contribution is 7.17. The average molecular weight is 484 g/mol. The molecule has 0 spiro atoms. The van der Waals surface area contributed by atoms with Crippen LogP contribution in [0.1, 0.15) is 15.9 Å². The number of ether oxygens (including phenoxy) is 1. The van der Waals surface area contributed by atoms with E-state index in [2.05, 4.69) is 10.3 Å². The molecule has 4 rings (SSSR count). The van der Waals surface area contributed by atoms with Crippen LogP contribution in [0.4, 0.5) is 5.69 Å². The lowest BCUT2D eigenvalue weighted by molar-refractivity contribution is -0.116. The van der Waals surface area contributed by atoms with Crippen molar-refractivity contribution in [3.8, 4) is 17.1 Å². The molecule has 0 atom stereocenters. The van der Waals surface area contributed by atoms with Crippen LogP contribution in [0.25, 0.3) is 21.6 Å². The summed E-state index contributed by atoms with van der Waals surface area (Å²) in [5.74, 6) is -0.998. The first-order chi connectivity index (χ1) is 15.8. The van der Waals surface area contributed by atoms with Crippen molar-refractivity contribution in [2.75, 3.05) is 12.4 Å². The van der Waals surface area contributed by atoms with Gasteiger partial charge in [-0.15, -0.1) is 11.3 Å². The van der Waals surface area contributed by atoms with E-state index < -0.39 is 17.4 Å². The highest BCUT2D eigenvalue weighted by Crippen LogP contribution is 2.28. The highest BCUT2D eigenvalue weighted by atomic mass is 35.5. The number of methoxy groups -OCH3 is 1. The van der Waals surface area contributed by atoms with Crippen molar-refractivity contribution in [2.24, 2.45) is 0 Å². The monoisotopic (exact) mass is 483 g/mol. The van der Waals surface area contributed by atoms with Gasteiger partial charge in [-0.1, -0.05) is 41.4 Å². The Labute approximate surface area is 197 Å². The Kier molecular flexibility index (Phi) is 6.17. The molecule has 0 fully saturated rings. The number of carboxylic acid groups (broad SMARTS) is 1. The highest BCUT2D eigenvalue weighted by Gasteiger charge is 2.21. The molecule has 33 heavy (non-hydrogen) atoms. The average Bonchev–Trinajstić information content (AvgIpc) is 3.21. The van der Waals surface area contributed by atoms with Crippen molar-refractivity contribution >= 4 is 50.7 Å². The summed E-state index contributed by atoms with van der Waals surface area (Å²) in [5, 5.41) is 13.8. The number of anilines is 1. The van der Waals surface area contributed by atoms with Crippen molar-refractivity contribution in [3.63, 3.8) is 0 Å². The number of rotatable bonds is 6. The van der Waals surface area contributed by atoms with Gasteiger partial charge in [-0.3, -0.25) is 14.2 Å². The normalized spacial score (nSPS) is 10.9. The quantitative estimate of drug-likeness (QED) is 0.419. The number of carboxylic acids is 1. The number of hydrogen-bond acceptors (Lipinski definition) is 6. The van der Waals surface area contributed by atoms with Crippen LogP contribution in [0.15, 0.2) is 52.6 Å². The molecule has 2 N–H and O–H groups in total. The molecule has 0 aliphatic heterocycles. The number of fused-ring (bicyclic) bond motifs is 1. The van der Waals surface area contributed by atoms with Gasteiger partial charge in [0.05, 0.1) is 23.1 Å². The zero-order chi connectivity index (χ0) is 23.7. The third-order valence-electron chi connectivity index (χ3n) is 4.97. The predicted molar refractivity (Wildman–Crippen MR) is 128 cm³/mol. The molecule has 0 saturated carbocycles. The summed E-state index contributed by atoms with van der Waals surface area (Å²) >= 11 is 7.19. The van der Waals surface area contributed by atoms with Crippen molar-refractivity contribution in [3.05, 3.63) is 74.3 Å². The van der Waals surface area contributed by atoms with Gasteiger partial charge in [0.15, 0.2) is 0 Å². The van der Waals surface area contributed by atoms with Crippen molar-refractivity contribution in [2.45, 2.75) is 13.5 Å². The molecule has 2 aromatic heterocycles. The maximum Gasteiger partial charge on any atom is 0.337 e. The Morgan fingerprint density at radius 1 is 1.21 bits per heavy atom. The molecule has 0 aliphatic carbocycles. The first-order valence-electron chi connectivity index (χ1n) is 9.74. The first-order valence-corrected chi connectivity index (χ1v) is 11.0. The summed E-state index contributed by atoms with van der Waals surface area (Å²) in [7, 11) is 1.48. The van der Waals surface area contributed by atoms with Gasteiger partial charge in [0.25, 0.3) is 5.56 Å². The second-order valence-electron chi connectivity index (χ2n) is 7.22. The summed E-state index contributed by atoms with van der Waals surface area (Å²) in [6.45, 7) is 1.56. The molecule has 0 bridgehead atoms. The number of aromatic nitrogens is 2. The van der Waals surface area contributed by atoms with Gasteiger partial charge in [-0.2, -0.15) is 0 Å². The van der Waals surface area contributed by atoms with Gasteiger partial charge in [0.1, 0.15) is 22.9 Å². The number of thiophene rings is 1.